The Morgan fingerprint density at radius 1 is 1.32 bits per heavy atom. The predicted octanol–water partition coefficient (Wildman–Crippen LogP) is 1.74. The number of pyridine rings is 1. The van der Waals surface area contributed by atoms with Gasteiger partial charge in [0.25, 0.3) is 0 Å². The lowest BCUT2D eigenvalue weighted by molar-refractivity contribution is 0.324. The van der Waals surface area contributed by atoms with E-state index in [1.807, 2.05) is 28.8 Å². The Morgan fingerprint density at radius 2 is 2.20 bits per heavy atom. The highest BCUT2D eigenvalue weighted by molar-refractivity contribution is 14.0. The standard InChI is InChI=1S/C17H27N7.HI/c1-3-8-23-10-7-14(13-23)11-19-17(18-2)20-12-16-22-21-15-6-4-5-9-24(15)16;/h4-6,9,14H,3,7-8,10-13H2,1-2H3,(H2,18,19,20);1H. The van der Waals surface area contributed by atoms with Crippen molar-refractivity contribution in [3.63, 3.8) is 0 Å². The van der Waals surface area contributed by atoms with Gasteiger partial charge in [0.2, 0.25) is 0 Å². The van der Waals surface area contributed by atoms with Crippen molar-refractivity contribution in [2.75, 3.05) is 33.2 Å². The third-order valence-electron chi connectivity index (χ3n) is 4.49. The molecule has 1 atom stereocenters. The number of fused-ring (bicyclic) bond motifs is 1. The Bertz CT molecular complexity index is 684. The van der Waals surface area contributed by atoms with E-state index in [0.717, 1.165) is 24.0 Å². The van der Waals surface area contributed by atoms with Crippen LogP contribution in [-0.4, -0.2) is 58.7 Å². The van der Waals surface area contributed by atoms with Crippen LogP contribution in [0.2, 0.25) is 0 Å². The summed E-state index contributed by atoms with van der Waals surface area (Å²) in [5.41, 5.74) is 0.860. The molecule has 0 aromatic carbocycles. The maximum Gasteiger partial charge on any atom is 0.191 e. The Balaban J connectivity index is 0.00000225. The van der Waals surface area contributed by atoms with E-state index in [9.17, 15) is 0 Å². The Kier molecular flexibility index (Phi) is 7.89. The minimum atomic E-state index is 0. The number of guanidine groups is 1. The van der Waals surface area contributed by atoms with Crippen molar-refractivity contribution in [1.29, 1.82) is 0 Å². The van der Waals surface area contributed by atoms with Crippen LogP contribution >= 0.6 is 24.0 Å². The summed E-state index contributed by atoms with van der Waals surface area (Å²) in [4.78, 5) is 6.85. The van der Waals surface area contributed by atoms with Gasteiger partial charge in [0.1, 0.15) is 0 Å². The molecule has 2 N–H and O–H groups in total. The van der Waals surface area contributed by atoms with Gasteiger partial charge in [0.15, 0.2) is 17.4 Å². The molecule has 25 heavy (non-hydrogen) atoms. The molecule has 0 radical (unpaired) electrons. The maximum atomic E-state index is 4.31. The average molecular weight is 457 g/mol. The second-order valence-corrected chi connectivity index (χ2v) is 6.31. The third-order valence-corrected chi connectivity index (χ3v) is 4.49. The van der Waals surface area contributed by atoms with Crippen molar-refractivity contribution in [1.82, 2.24) is 30.1 Å². The van der Waals surface area contributed by atoms with Crippen LogP contribution in [-0.2, 0) is 6.54 Å². The molecule has 2 aromatic heterocycles. The number of likely N-dealkylation sites (tertiary alicyclic amines) is 1. The van der Waals surface area contributed by atoms with Gasteiger partial charge in [-0.2, -0.15) is 0 Å². The molecular formula is C17H28IN7. The molecule has 0 saturated carbocycles. The molecule has 3 rings (SSSR count). The summed E-state index contributed by atoms with van der Waals surface area (Å²) < 4.78 is 1.99. The van der Waals surface area contributed by atoms with Crippen LogP contribution in [0.4, 0.5) is 0 Å². The molecule has 2 aromatic rings. The first-order valence-corrected chi connectivity index (χ1v) is 8.75. The van der Waals surface area contributed by atoms with Crippen LogP contribution in [0, 0.1) is 5.92 Å². The highest BCUT2D eigenvalue weighted by atomic mass is 127. The molecule has 7 nitrogen and oxygen atoms in total. The predicted molar refractivity (Wildman–Crippen MR) is 111 cm³/mol. The van der Waals surface area contributed by atoms with Crippen LogP contribution in [0.1, 0.15) is 25.6 Å². The molecule has 0 spiro atoms. The van der Waals surface area contributed by atoms with Crippen LogP contribution < -0.4 is 10.6 Å². The van der Waals surface area contributed by atoms with Crippen molar-refractivity contribution < 1.29 is 0 Å². The summed E-state index contributed by atoms with van der Waals surface area (Å²) in [7, 11) is 1.80. The van der Waals surface area contributed by atoms with E-state index < -0.39 is 0 Å². The number of hydrogen-bond acceptors (Lipinski definition) is 4. The van der Waals surface area contributed by atoms with E-state index in [0.29, 0.717) is 12.5 Å². The van der Waals surface area contributed by atoms with E-state index in [4.69, 9.17) is 0 Å². The molecule has 1 saturated heterocycles. The lowest BCUT2D eigenvalue weighted by Crippen LogP contribution is -2.40. The van der Waals surface area contributed by atoms with E-state index in [-0.39, 0.29) is 24.0 Å². The largest absolute Gasteiger partial charge is 0.356 e. The molecule has 0 aliphatic carbocycles. The smallest absolute Gasteiger partial charge is 0.191 e. The lowest BCUT2D eigenvalue weighted by Gasteiger charge is -2.16. The molecular weight excluding hydrogens is 429 g/mol. The van der Waals surface area contributed by atoms with Crippen LogP contribution in [0.25, 0.3) is 5.65 Å². The van der Waals surface area contributed by atoms with E-state index in [1.165, 1.54) is 32.5 Å². The van der Waals surface area contributed by atoms with Crippen molar-refractivity contribution in [3.8, 4) is 0 Å². The second kappa shape index (κ2) is 9.91. The number of nitrogens with one attached hydrogen (secondary N) is 2. The highest BCUT2D eigenvalue weighted by Gasteiger charge is 2.21. The van der Waals surface area contributed by atoms with Gasteiger partial charge in [-0.15, -0.1) is 34.2 Å². The number of aromatic nitrogens is 3. The van der Waals surface area contributed by atoms with Crippen molar-refractivity contribution >= 4 is 35.6 Å². The Hall–Kier alpha value is -1.42. The SMILES string of the molecule is CCCN1CCC(CNC(=NC)NCc2nnc3ccccn23)C1.I. The molecule has 0 amide bonds. The van der Waals surface area contributed by atoms with Gasteiger partial charge in [-0.25, -0.2) is 0 Å². The molecule has 138 valence electrons. The fourth-order valence-electron chi connectivity index (χ4n) is 3.23. The summed E-state index contributed by atoms with van der Waals surface area (Å²) in [5.74, 6) is 2.39. The summed E-state index contributed by atoms with van der Waals surface area (Å²) in [6.45, 7) is 7.41. The van der Waals surface area contributed by atoms with Gasteiger partial charge >= 0.3 is 0 Å². The Morgan fingerprint density at radius 3 is 3.00 bits per heavy atom. The first kappa shape index (κ1) is 19.9. The monoisotopic (exact) mass is 457 g/mol. The quantitative estimate of drug-likeness (QED) is 0.393. The van der Waals surface area contributed by atoms with Crippen LogP contribution in [0.5, 0.6) is 0 Å². The second-order valence-electron chi connectivity index (χ2n) is 6.31. The van der Waals surface area contributed by atoms with E-state index >= 15 is 0 Å². The van der Waals surface area contributed by atoms with Crippen molar-refractivity contribution in [2.45, 2.75) is 26.3 Å². The molecule has 1 unspecified atom stereocenters. The zero-order valence-corrected chi connectivity index (χ0v) is 17.3. The summed E-state index contributed by atoms with van der Waals surface area (Å²) in [6.07, 6.45) is 4.47. The molecule has 1 aliphatic rings. The fourth-order valence-corrected chi connectivity index (χ4v) is 3.23. The van der Waals surface area contributed by atoms with Crippen LogP contribution in [0.15, 0.2) is 29.4 Å². The zero-order chi connectivity index (χ0) is 16.8. The number of rotatable bonds is 6. The topological polar surface area (TPSA) is 69.8 Å². The summed E-state index contributed by atoms with van der Waals surface area (Å²) in [6, 6.07) is 5.89. The van der Waals surface area contributed by atoms with Gasteiger partial charge in [-0.3, -0.25) is 9.39 Å². The summed E-state index contributed by atoms with van der Waals surface area (Å²) >= 11 is 0. The first-order valence-electron chi connectivity index (χ1n) is 8.75. The minimum Gasteiger partial charge on any atom is -0.356 e. The number of hydrogen-bond donors (Lipinski definition) is 2. The normalized spacial score (nSPS) is 18.3. The number of aliphatic imine (C=N–C) groups is 1. The minimum absolute atomic E-state index is 0. The highest BCUT2D eigenvalue weighted by Crippen LogP contribution is 2.15. The van der Waals surface area contributed by atoms with Gasteiger partial charge in [0, 0.05) is 26.3 Å². The van der Waals surface area contributed by atoms with Gasteiger partial charge in [-0.05, 0) is 44.0 Å². The van der Waals surface area contributed by atoms with Crippen LogP contribution in [0.3, 0.4) is 0 Å². The fraction of sp³-hybridized carbons (Fsp3) is 0.588. The van der Waals surface area contributed by atoms with E-state index in [1.54, 1.807) is 7.05 Å². The summed E-state index contributed by atoms with van der Waals surface area (Å²) in [5, 5.41) is 15.2. The maximum absolute atomic E-state index is 4.31. The first-order chi connectivity index (χ1) is 11.8. The number of halogens is 1. The number of nitrogens with zero attached hydrogens (tertiary/aromatic N) is 5. The van der Waals surface area contributed by atoms with E-state index in [2.05, 4.69) is 37.6 Å². The van der Waals surface area contributed by atoms with Gasteiger partial charge < -0.3 is 15.5 Å². The lowest BCUT2D eigenvalue weighted by atomic mass is 10.1. The average Bonchev–Trinajstić information content (AvgIpc) is 3.22. The molecule has 0 bridgehead atoms. The third kappa shape index (κ3) is 5.27. The molecule has 8 heteroatoms. The molecule has 1 fully saturated rings. The zero-order valence-electron chi connectivity index (χ0n) is 15.0. The molecule has 3 heterocycles. The Labute approximate surface area is 166 Å². The van der Waals surface area contributed by atoms with Crippen molar-refractivity contribution in [3.05, 3.63) is 30.2 Å². The molecule has 1 aliphatic heterocycles. The van der Waals surface area contributed by atoms with Gasteiger partial charge in [0.05, 0.1) is 6.54 Å². The van der Waals surface area contributed by atoms with Crippen molar-refractivity contribution in [2.24, 2.45) is 10.9 Å². The van der Waals surface area contributed by atoms with Gasteiger partial charge in [-0.1, -0.05) is 13.0 Å².